The van der Waals surface area contributed by atoms with Gasteiger partial charge in [-0.05, 0) is 12.1 Å². The van der Waals surface area contributed by atoms with Gasteiger partial charge in [0.2, 0.25) is 0 Å². The van der Waals surface area contributed by atoms with Gasteiger partial charge in [0.15, 0.2) is 0 Å². The van der Waals surface area contributed by atoms with Crippen LogP contribution in [0, 0.1) is 0 Å². The maximum atomic E-state index is 12.1. The van der Waals surface area contributed by atoms with Crippen molar-refractivity contribution in [3.05, 3.63) is 30.1 Å². The van der Waals surface area contributed by atoms with Crippen LogP contribution in [0.2, 0.25) is 0 Å². The van der Waals surface area contributed by atoms with Crippen LogP contribution in [0.5, 0.6) is 0 Å². The molecule has 2 rings (SSSR count). The molecule has 92 valence electrons. The minimum atomic E-state index is 0.0953. The van der Waals surface area contributed by atoms with Gasteiger partial charge in [-0.25, -0.2) is 0 Å². The number of pyridine rings is 1. The Kier molecular flexibility index (Phi) is 4.34. The van der Waals surface area contributed by atoms with Crippen LogP contribution in [-0.4, -0.2) is 59.3 Å². The molecule has 0 unspecified atom stereocenters. The van der Waals surface area contributed by atoms with Crippen LogP contribution in [0.4, 0.5) is 0 Å². The molecule has 0 N–H and O–H groups in total. The lowest BCUT2D eigenvalue weighted by Crippen LogP contribution is -2.49. The van der Waals surface area contributed by atoms with E-state index in [0.29, 0.717) is 11.4 Å². The molecule has 1 saturated heterocycles. The zero-order valence-corrected chi connectivity index (χ0v) is 10.4. The highest BCUT2D eigenvalue weighted by atomic mass is 35.5. The number of carbonyl (C=O) groups is 1. The number of carbonyl (C=O) groups excluding carboxylic acids is 1. The highest BCUT2D eigenvalue weighted by Crippen LogP contribution is 2.07. The van der Waals surface area contributed by atoms with E-state index in [1.807, 2.05) is 4.90 Å². The topological polar surface area (TPSA) is 36.4 Å². The molecule has 0 aliphatic carbocycles. The number of halogens is 1. The molecule has 0 atom stereocenters. The average molecular weight is 254 g/mol. The van der Waals surface area contributed by atoms with Crippen molar-refractivity contribution in [2.45, 2.75) is 0 Å². The molecule has 0 aromatic carbocycles. The Morgan fingerprint density at radius 1 is 1.24 bits per heavy atom. The van der Waals surface area contributed by atoms with Crippen LogP contribution < -0.4 is 0 Å². The van der Waals surface area contributed by atoms with Crippen LogP contribution in [-0.2, 0) is 0 Å². The minimum absolute atomic E-state index is 0.0953. The van der Waals surface area contributed by atoms with Crippen molar-refractivity contribution in [3.8, 4) is 0 Å². The molecule has 1 aromatic rings. The van der Waals surface area contributed by atoms with Crippen molar-refractivity contribution in [3.63, 3.8) is 0 Å². The first kappa shape index (κ1) is 12.3. The largest absolute Gasteiger partial charge is 0.336 e. The van der Waals surface area contributed by atoms with Crippen LogP contribution in [0.15, 0.2) is 24.5 Å². The van der Waals surface area contributed by atoms with Crippen LogP contribution in [0.1, 0.15) is 10.4 Å². The van der Waals surface area contributed by atoms with Crippen molar-refractivity contribution in [2.75, 3.05) is 38.6 Å². The third kappa shape index (κ3) is 3.17. The van der Waals surface area contributed by atoms with E-state index in [0.717, 1.165) is 32.7 Å². The Bertz CT molecular complexity index is 363. The predicted molar refractivity (Wildman–Crippen MR) is 67.3 cm³/mol. The zero-order valence-electron chi connectivity index (χ0n) is 9.68. The molecule has 5 heteroatoms. The van der Waals surface area contributed by atoms with Gasteiger partial charge in [0.1, 0.15) is 0 Å². The van der Waals surface area contributed by atoms with E-state index in [2.05, 4.69) is 9.88 Å². The van der Waals surface area contributed by atoms with Crippen molar-refractivity contribution in [1.82, 2.24) is 14.8 Å². The molecule has 0 spiro atoms. The Hall–Kier alpha value is -1.13. The molecule has 0 saturated carbocycles. The predicted octanol–water partition coefficient (Wildman–Crippen LogP) is 1.08. The lowest BCUT2D eigenvalue weighted by molar-refractivity contribution is 0.0644. The van der Waals surface area contributed by atoms with Crippen LogP contribution in [0.25, 0.3) is 0 Å². The maximum absolute atomic E-state index is 12.1. The van der Waals surface area contributed by atoms with Gasteiger partial charge >= 0.3 is 0 Å². The summed E-state index contributed by atoms with van der Waals surface area (Å²) >= 11 is 5.70. The van der Waals surface area contributed by atoms with Crippen molar-refractivity contribution in [1.29, 1.82) is 0 Å². The number of rotatable bonds is 3. The Morgan fingerprint density at radius 2 is 1.88 bits per heavy atom. The van der Waals surface area contributed by atoms with Gasteiger partial charge in [0.05, 0.1) is 0 Å². The second-order valence-electron chi connectivity index (χ2n) is 4.06. The molecular weight excluding hydrogens is 238 g/mol. The number of aromatic nitrogens is 1. The molecule has 1 amide bonds. The standard InChI is InChI=1S/C12H16ClN3O/c13-3-6-15-7-9-16(10-8-15)12(17)11-1-4-14-5-2-11/h1-2,4-5H,3,6-10H2. The summed E-state index contributed by atoms with van der Waals surface area (Å²) in [6.45, 7) is 4.27. The van der Waals surface area contributed by atoms with Crippen molar-refractivity contribution >= 4 is 17.5 Å². The van der Waals surface area contributed by atoms with Gasteiger partial charge in [-0.3, -0.25) is 14.7 Å². The summed E-state index contributed by atoms with van der Waals surface area (Å²) in [6, 6.07) is 3.51. The first-order chi connectivity index (χ1) is 8.31. The summed E-state index contributed by atoms with van der Waals surface area (Å²) in [5, 5.41) is 0. The molecule has 17 heavy (non-hydrogen) atoms. The van der Waals surface area contributed by atoms with Crippen LogP contribution >= 0.6 is 11.6 Å². The van der Waals surface area contributed by atoms with Crippen molar-refractivity contribution in [2.24, 2.45) is 0 Å². The zero-order chi connectivity index (χ0) is 12.1. The Morgan fingerprint density at radius 3 is 2.47 bits per heavy atom. The number of piperazine rings is 1. The van der Waals surface area contributed by atoms with Gasteiger partial charge < -0.3 is 4.90 Å². The fourth-order valence-corrected chi connectivity index (χ4v) is 2.21. The van der Waals surface area contributed by atoms with Gasteiger partial charge in [-0.2, -0.15) is 0 Å². The number of alkyl halides is 1. The third-order valence-electron chi connectivity index (χ3n) is 2.99. The number of nitrogens with zero attached hydrogens (tertiary/aromatic N) is 3. The number of hydrogen-bond donors (Lipinski definition) is 0. The third-order valence-corrected chi connectivity index (χ3v) is 3.16. The first-order valence-corrected chi connectivity index (χ1v) is 6.32. The molecule has 0 bridgehead atoms. The molecule has 1 aromatic heterocycles. The molecular formula is C12H16ClN3O. The molecule has 1 aliphatic rings. The van der Waals surface area contributed by atoms with Gasteiger partial charge in [0, 0.05) is 56.6 Å². The highest BCUT2D eigenvalue weighted by molar-refractivity contribution is 6.18. The normalized spacial score (nSPS) is 17.1. The van der Waals surface area contributed by atoms with E-state index >= 15 is 0 Å². The van der Waals surface area contributed by atoms with Gasteiger partial charge in [-0.15, -0.1) is 11.6 Å². The molecule has 4 nitrogen and oxygen atoms in total. The van der Waals surface area contributed by atoms with E-state index in [1.165, 1.54) is 0 Å². The minimum Gasteiger partial charge on any atom is -0.336 e. The van der Waals surface area contributed by atoms with Crippen molar-refractivity contribution < 1.29 is 4.79 Å². The van der Waals surface area contributed by atoms with E-state index in [4.69, 9.17) is 11.6 Å². The highest BCUT2D eigenvalue weighted by Gasteiger charge is 2.21. The SMILES string of the molecule is O=C(c1ccncc1)N1CCN(CCCl)CC1. The Labute approximate surface area is 106 Å². The molecule has 1 aliphatic heterocycles. The first-order valence-electron chi connectivity index (χ1n) is 5.79. The van der Waals surface area contributed by atoms with E-state index in [1.54, 1.807) is 24.5 Å². The summed E-state index contributed by atoms with van der Waals surface area (Å²) in [5.74, 6) is 0.746. The number of amides is 1. The van der Waals surface area contributed by atoms with E-state index in [9.17, 15) is 4.79 Å². The summed E-state index contributed by atoms with van der Waals surface area (Å²) in [4.78, 5) is 20.2. The average Bonchev–Trinajstić information content (AvgIpc) is 2.40. The van der Waals surface area contributed by atoms with Gasteiger partial charge in [0.25, 0.3) is 5.91 Å². The quantitative estimate of drug-likeness (QED) is 0.757. The summed E-state index contributed by atoms with van der Waals surface area (Å²) in [6.07, 6.45) is 3.30. The molecule has 0 radical (unpaired) electrons. The molecule has 2 heterocycles. The number of hydrogen-bond acceptors (Lipinski definition) is 3. The summed E-state index contributed by atoms with van der Waals surface area (Å²) in [7, 11) is 0. The fraction of sp³-hybridized carbons (Fsp3) is 0.500. The Balaban J connectivity index is 1.91. The van der Waals surface area contributed by atoms with Crippen LogP contribution in [0.3, 0.4) is 0 Å². The molecule has 1 fully saturated rings. The fourth-order valence-electron chi connectivity index (χ4n) is 1.97. The smallest absolute Gasteiger partial charge is 0.254 e. The lowest BCUT2D eigenvalue weighted by Gasteiger charge is -2.34. The summed E-state index contributed by atoms with van der Waals surface area (Å²) in [5.41, 5.74) is 0.714. The monoisotopic (exact) mass is 253 g/mol. The second-order valence-corrected chi connectivity index (χ2v) is 4.44. The lowest BCUT2D eigenvalue weighted by atomic mass is 10.2. The second kappa shape index (κ2) is 5.98. The van der Waals surface area contributed by atoms with E-state index < -0.39 is 0 Å². The van der Waals surface area contributed by atoms with Gasteiger partial charge in [-0.1, -0.05) is 0 Å². The summed E-state index contributed by atoms with van der Waals surface area (Å²) < 4.78 is 0. The van der Waals surface area contributed by atoms with E-state index in [-0.39, 0.29) is 5.91 Å². The maximum Gasteiger partial charge on any atom is 0.254 e.